The summed E-state index contributed by atoms with van der Waals surface area (Å²) in [6.45, 7) is 0.127. The van der Waals surface area contributed by atoms with Crippen LogP contribution >= 0.6 is 15.6 Å². The number of hydrogen-bond acceptors (Lipinski definition) is 16. The molecule has 1 aromatic heterocycles. The molecule has 0 spiro atoms. The third-order valence-electron chi connectivity index (χ3n) is 5.10. The highest BCUT2D eigenvalue weighted by Crippen LogP contribution is 2.57. The van der Waals surface area contributed by atoms with Crippen molar-refractivity contribution in [1.82, 2.24) is 9.55 Å². The molecule has 2 unspecified atom stereocenters. The minimum absolute atomic E-state index is 0.712. The van der Waals surface area contributed by atoms with Crippen molar-refractivity contribution in [1.29, 1.82) is 0 Å². The van der Waals surface area contributed by atoms with E-state index in [1.165, 1.54) is 6.92 Å². The molecule has 2 aliphatic heterocycles. The molecule has 0 bridgehead atoms. The highest BCUT2D eigenvalue weighted by Gasteiger charge is 2.46. The lowest BCUT2D eigenvalue weighted by Gasteiger charge is -2.41. The number of phosphoric acid groups is 2. The van der Waals surface area contributed by atoms with Crippen LogP contribution in [0.25, 0.3) is 0 Å². The normalized spacial score (nSPS) is 39.1. The number of H-pyrrole nitrogens is 1. The molecule has 2 aliphatic rings. The number of nitrogens with one attached hydrogen (secondary N) is 1. The van der Waals surface area contributed by atoms with E-state index < -0.39 is 88.7 Å². The number of aromatic nitrogens is 2. The second-order valence-corrected chi connectivity index (χ2v) is 10.5. The van der Waals surface area contributed by atoms with Crippen molar-refractivity contribution in [3.05, 3.63) is 33.1 Å². The van der Waals surface area contributed by atoms with Gasteiger partial charge >= 0.3 is 5.69 Å². The number of rotatable bonds is 8. The maximum atomic E-state index is 12.0. The van der Waals surface area contributed by atoms with Crippen molar-refractivity contribution < 1.29 is 67.3 Å². The van der Waals surface area contributed by atoms with Gasteiger partial charge in [0.25, 0.3) is 21.2 Å². The maximum Gasteiger partial charge on any atom is 0.330 e. The van der Waals surface area contributed by atoms with Gasteiger partial charge in [-0.05, 0) is 6.92 Å². The molecule has 0 aromatic carbocycles. The zero-order valence-electron chi connectivity index (χ0n) is 17.6. The van der Waals surface area contributed by atoms with E-state index in [2.05, 4.69) is 13.4 Å². The molecule has 0 amide bonds. The summed E-state index contributed by atoms with van der Waals surface area (Å²) in [7, 11) is -11.6. The zero-order chi connectivity index (χ0) is 26.3. The third-order valence-corrected chi connectivity index (χ3v) is 7.63. The van der Waals surface area contributed by atoms with E-state index in [0.717, 1.165) is 12.3 Å². The lowest BCUT2D eigenvalue weighted by atomic mass is 10.0. The van der Waals surface area contributed by atoms with Gasteiger partial charge in [-0.1, -0.05) is 0 Å². The number of ether oxygens (including phenoxy) is 2. The van der Waals surface area contributed by atoms with E-state index in [9.17, 15) is 54.0 Å². The van der Waals surface area contributed by atoms with Crippen LogP contribution in [0.4, 0.5) is 0 Å². The second-order valence-electron chi connectivity index (χ2n) is 7.62. The molecule has 3 rings (SSSR count). The number of phosphoric ester groups is 2. The Labute approximate surface area is 195 Å². The summed E-state index contributed by atoms with van der Waals surface area (Å²) in [4.78, 5) is 48.9. The van der Waals surface area contributed by atoms with Crippen LogP contribution in [0.5, 0.6) is 0 Å². The number of aromatic amines is 1. The van der Waals surface area contributed by atoms with Crippen LogP contribution in [0, 0.1) is 0 Å². The van der Waals surface area contributed by atoms with E-state index in [0.29, 0.717) is 4.57 Å². The van der Waals surface area contributed by atoms with E-state index in [1.807, 2.05) is 4.98 Å². The smallest absolute Gasteiger partial charge is 0.330 e. The highest BCUT2D eigenvalue weighted by atomic mass is 31.3. The summed E-state index contributed by atoms with van der Waals surface area (Å²) in [6.07, 6.45) is -14.7. The fourth-order valence-electron chi connectivity index (χ4n) is 3.28. The SMILES string of the molecule is C[C@H]1O[C@H](OP(=O)([O-])OP(=O)([O-])OC[C@H]2O[C@@H](n3ccc(=O)[nH]c3=O)[C@H](O)[C@@H]2O)[C@H](O)[C@@H](O)[C@@H]1O. The van der Waals surface area contributed by atoms with Crippen molar-refractivity contribution in [2.24, 2.45) is 0 Å². The third kappa shape index (κ3) is 6.51. The predicted molar refractivity (Wildman–Crippen MR) is 103 cm³/mol. The first-order chi connectivity index (χ1) is 16.1. The fraction of sp³-hybridized carbons (Fsp3) is 0.733. The largest absolute Gasteiger partial charge is 0.756 e. The van der Waals surface area contributed by atoms with Gasteiger partial charge < -0.3 is 49.3 Å². The summed E-state index contributed by atoms with van der Waals surface area (Å²) in [5, 5.41) is 49.2. The van der Waals surface area contributed by atoms with E-state index in [4.69, 9.17) is 9.47 Å². The Balaban J connectivity index is 1.61. The number of nitrogens with zero attached hydrogens (tertiary/aromatic N) is 1. The molecule has 2 fully saturated rings. The maximum absolute atomic E-state index is 12.0. The minimum Gasteiger partial charge on any atom is -0.756 e. The Morgan fingerprint density at radius 3 is 2.29 bits per heavy atom. The van der Waals surface area contributed by atoms with Crippen LogP contribution in [0.1, 0.15) is 13.2 Å². The van der Waals surface area contributed by atoms with Gasteiger partial charge in [0.15, 0.2) is 12.5 Å². The quantitative estimate of drug-likeness (QED) is 0.166. The van der Waals surface area contributed by atoms with Crippen molar-refractivity contribution in [3.8, 4) is 0 Å². The van der Waals surface area contributed by atoms with Crippen LogP contribution in [0.2, 0.25) is 0 Å². The Morgan fingerprint density at radius 1 is 1.00 bits per heavy atom. The molecular formula is C15H22N2O16P2-2. The van der Waals surface area contributed by atoms with Crippen LogP contribution in [-0.4, -0.2) is 90.7 Å². The molecule has 6 N–H and O–H groups in total. The van der Waals surface area contributed by atoms with Gasteiger partial charge in [0.1, 0.15) is 36.6 Å². The number of hydrogen-bond donors (Lipinski definition) is 6. The first-order valence-electron chi connectivity index (χ1n) is 9.81. The van der Waals surface area contributed by atoms with Gasteiger partial charge in [0.2, 0.25) is 0 Å². The Morgan fingerprint density at radius 2 is 1.66 bits per heavy atom. The van der Waals surface area contributed by atoms with Gasteiger partial charge in [-0.3, -0.25) is 28.0 Å². The Bertz CT molecular complexity index is 1110. The van der Waals surface area contributed by atoms with Gasteiger partial charge in [0, 0.05) is 12.3 Å². The van der Waals surface area contributed by atoms with Gasteiger partial charge in [-0.25, -0.2) is 9.11 Å². The van der Waals surface area contributed by atoms with Crippen LogP contribution in [-0.2, 0) is 32.0 Å². The van der Waals surface area contributed by atoms with Crippen LogP contribution < -0.4 is 21.0 Å². The summed E-state index contributed by atoms with van der Waals surface area (Å²) in [6, 6.07) is 0.923. The molecule has 0 aliphatic carbocycles. The summed E-state index contributed by atoms with van der Waals surface area (Å²) in [5.74, 6) is 0. The molecule has 0 saturated carbocycles. The summed E-state index contributed by atoms with van der Waals surface area (Å²) < 4.78 is 47.3. The zero-order valence-corrected chi connectivity index (χ0v) is 19.4. The number of aliphatic hydroxyl groups is 5. The van der Waals surface area contributed by atoms with Crippen molar-refractivity contribution >= 4 is 15.6 Å². The van der Waals surface area contributed by atoms with Gasteiger partial charge in [-0.2, -0.15) is 0 Å². The predicted octanol–water partition coefficient (Wildman–Crippen LogP) is -5.03. The fourth-order valence-corrected chi connectivity index (χ4v) is 5.36. The monoisotopic (exact) mass is 548 g/mol. The molecule has 200 valence electrons. The average molecular weight is 548 g/mol. The Kier molecular flexibility index (Phi) is 8.52. The van der Waals surface area contributed by atoms with Gasteiger partial charge in [0.05, 0.1) is 12.7 Å². The van der Waals surface area contributed by atoms with E-state index in [1.54, 1.807) is 0 Å². The van der Waals surface area contributed by atoms with Crippen LogP contribution in [0.15, 0.2) is 21.9 Å². The molecule has 18 nitrogen and oxygen atoms in total. The standard InChI is InChI=1S/C15H24N2O16P2/c1-5-8(19)10(21)12(23)14(30-5)32-35(27,28)33-34(25,26)29-4-6-9(20)11(22)13(31-6)17-3-2-7(18)16-15(17)24/h2-3,5-6,8-14,19-23H,4H2,1H3,(H,25,26)(H,27,28)(H,16,18,24)/p-2/t5-,6-,8-,9-,10+,11-,12-,13-,14-/m1/s1. The van der Waals surface area contributed by atoms with Crippen molar-refractivity contribution in [3.63, 3.8) is 0 Å². The molecule has 11 atom stereocenters. The van der Waals surface area contributed by atoms with E-state index in [-0.39, 0.29) is 0 Å². The molecule has 35 heavy (non-hydrogen) atoms. The van der Waals surface area contributed by atoms with E-state index >= 15 is 0 Å². The molecule has 20 heteroatoms. The average Bonchev–Trinajstić information content (AvgIpc) is 3.02. The van der Waals surface area contributed by atoms with Gasteiger partial charge in [-0.15, -0.1) is 0 Å². The number of aliphatic hydroxyl groups excluding tert-OH is 5. The second kappa shape index (κ2) is 10.6. The highest BCUT2D eigenvalue weighted by molar-refractivity contribution is 7.59. The first kappa shape index (κ1) is 28.2. The van der Waals surface area contributed by atoms with Crippen molar-refractivity contribution in [2.45, 2.75) is 62.2 Å². The topological polar surface area (TPSA) is 282 Å². The minimum atomic E-state index is -5.81. The first-order valence-corrected chi connectivity index (χ1v) is 12.7. The summed E-state index contributed by atoms with van der Waals surface area (Å²) >= 11 is 0. The molecule has 1 aromatic rings. The molecule has 0 radical (unpaired) electrons. The lowest BCUT2D eigenvalue weighted by molar-refractivity contribution is -0.299. The molecule has 3 heterocycles. The van der Waals surface area contributed by atoms with Crippen molar-refractivity contribution in [2.75, 3.05) is 6.61 Å². The molecule has 2 saturated heterocycles. The molecular weight excluding hydrogens is 526 g/mol. The lowest BCUT2D eigenvalue weighted by Crippen LogP contribution is -2.57. The van der Waals surface area contributed by atoms with Crippen LogP contribution in [0.3, 0.4) is 0 Å². The summed E-state index contributed by atoms with van der Waals surface area (Å²) in [5.41, 5.74) is -1.75. The Hall–Kier alpha value is -1.34.